The van der Waals surface area contributed by atoms with E-state index in [0.29, 0.717) is 31.2 Å². The van der Waals surface area contributed by atoms with Gasteiger partial charge in [-0.15, -0.1) is 0 Å². The molecular weight excluding hydrogens is 418 g/mol. The zero-order valence-electron chi connectivity index (χ0n) is 19.4. The molecule has 0 aliphatic carbocycles. The number of rotatable bonds is 17. The van der Waals surface area contributed by atoms with E-state index in [1.54, 1.807) is 16.7 Å². The normalized spacial score (nSPS) is 15.6. The molecule has 0 aromatic carbocycles. The first-order valence-corrected chi connectivity index (χ1v) is 13.0. The molecule has 0 unspecified atom stereocenters. The lowest BCUT2D eigenvalue weighted by Gasteiger charge is -2.30. The molecule has 0 aromatic rings. The SMILES string of the molecule is CCCCN(C(=O)CC=C[C@@H](NC[C@@H](N)CS)[C@@H](C)CC)[C@H](CCSC)C(=O)OC. The van der Waals surface area contributed by atoms with Crippen molar-refractivity contribution in [1.29, 1.82) is 0 Å². The van der Waals surface area contributed by atoms with Gasteiger partial charge < -0.3 is 20.7 Å². The molecule has 0 rings (SSSR count). The van der Waals surface area contributed by atoms with Crippen molar-refractivity contribution >= 4 is 36.3 Å². The summed E-state index contributed by atoms with van der Waals surface area (Å²) in [5.41, 5.74) is 5.97. The predicted octanol–water partition coefficient (Wildman–Crippen LogP) is 3.12. The molecule has 0 fully saturated rings. The summed E-state index contributed by atoms with van der Waals surface area (Å²) in [5.74, 6) is 1.48. The van der Waals surface area contributed by atoms with Crippen molar-refractivity contribution < 1.29 is 14.3 Å². The highest BCUT2D eigenvalue weighted by molar-refractivity contribution is 7.98. The van der Waals surface area contributed by atoms with Crippen LogP contribution in [0.4, 0.5) is 0 Å². The topological polar surface area (TPSA) is 84.7 Å². The lowest BCUT2D eigenvalue weighted by atomic mass is 9.98. The van der Waals surface area contributed by atoms with Crippen molar-refractivity contribution in [2.75, 3.05) is 38.0 Å². The number of thiol groups is 1. The van der Waals surface area contributed by atoms with Gasteiger partial charge in [0.15, 0.2) is 0 Å². The van der Waals surface area contributed by atoms with Gasteiger partial charge >= 0.3 is 5.97 Å². The Kier molecular flexibility index (Phi) is 17.5. The first-order chi connectivity index (χ1) is 14.4. The fraction of sp³-hybridized carbons (Fsp3) is 0.818. The second kappa shape index (κ2) is 17.9. The van der Waals surface area contributed by atoms with Crippen LogP contribution in [-0.4, -0.2) is 72.9 Å². The third kappa shape index (κ3) is 11.6. The number of ether oxygens (including phenoxy) is 1. The van der Waals surface area contributed by atoms with E-state index in [4.69, 9.17) is 10.5 Å². The number of nitrogens with two attached hydrogens (primary N) is 1. The number of hydrogen-bond donors (Lipinski definition) is 3. The first-order valence-electron chi connectivity index (χ1n) is 11.0. The predicted molar refractivity (Wildman–Crippen MR) is 132 cm³/mol. The van der Waals surface area contributed by atoms with Crippen LogP contribution in [-0.2, 0) is 14.3 Å². The number of nitrogens with one attached hydrogen (secondary N) is 1. The van der Waals surface area contributed by atoms with Crippen LogP contribution in [0.25, 0.3) is 0 Å². The Bertz CT molecular complexity index is 506. The Morgan fingerprint density at radius 2 is 2.03 bits per heavy atom. The monoisotopic (exact) mass is 461 g/mol. The van der Waals surface area contributed by atoms with Gasteiger partial charge in [0.1, 0.15) is 6.04 Å². The summed E-state index contributed by atoms with van der Waals surface area (Å²) < 4.78 is 4.99. The van der Waals surface area contributed by atoms with Crippen LogP contribution in [0.3, 0.4) is 0 Å². The molecule has 0 spiro atoms. The molecule has 176 valence electrons. The maximum atomic E-state index is 13.0. The number of hydrogen-bond acceptors (Lipinski definition) is 7. The molecule has 1 amide bonds. The highest BCUT2D eigenvalue weighted by Gasteiger charge is 2.29. The van der Waals surface area contributed by atoms with Gasteiger partial charge in [0.05, 0.1) is 7.11 Å². The van der Waals surface area contributed by atoms with Gasteiger partial charge in [-0.25, -0.2) is 4.79 Å². The standard InChI is InChI=1S/C22H43N3O3S2/c1-6-8-13-25(20(12-14-30-5)22(27)28-4)21(26)11-9-10-19(17(3)7-2)24-15-18(23)16-29/h9-10,17-20,24,29H,6-8,11-16,23H2,1-5H3/t17-,18+,19+,20+/m0/s1. The second-order valence-corrected chi connectivity index (χ2v) is 9.01. The molecule has 6 nitrogen and oxygen atoms in total. The van der Waals surface area contributed by atoms with Gasteiger partial charge in [-0.05, 0) is 30.8 Å². The molecule has 0 heterocycles. The summed E-state index contributed by atoms with van der Waals surface area (Å²) in [7, 11) is 1.38. The van der Waals surface area contributed by atoms with E-state index in [9.17, 15) is 9.59 Å². The van der Waals surface area contributed by atoms with Gasteiger partial charge in [0.25, 0.3) is 0 Å². The van der Waals surface area contributed by atoms with E-state index < -0.39 is 6.04 Å². The van der Waals surface area contributed by atoms with Gasteiger partial charge in [0.2, 0.25) is 5.91 Å². The number of esters is 1. The van der Waals surface area contributed by atoms with Gasteiger partial charge in [0, 0.05) is 37.3 Å². The van der Waals surface area contributed by atoms with Crippen molar-refractivity contribution in [2.45, 2.75) is 71.0 Å². The van der Waals surface area contributed by atoms with Gasteiger partial charge in [-0.3, -0.25) is 4.79 Å². The number of unbranched alkanes of at least 4 members (excludes halogenated alkanes) is 1. The van der Waals surface area contributed by atoms with E-state index in [2.05, 4.69) is 44.8 Å². The van der Waals surface area contributed by atoms with Crippen LogP contribution in [0.5, 0.6) is 0 Å². The van der Waals surface area contributed by atoms with E-state index in [1.165, 1.54) is 7.11 Å². The Labute approximate surface area is 193 Å². The molecule has 0 aromatic heterocycles. The van der Waals surface area contributed by atoms with Crippen molar-refractivity contribution in [3.63, 3.8) is 0 Å². The zero-order chi connectivity index (χ0) is 22.9. The van der Waals surface area contributed by atoms with Crippen LogP contribution in [0.15, 0.2) is 12.2 Å². The van der Waals surface area contributed by atoms with Crippen molar-refractivity contribution in [3.8, 4) is 0 Å². The second-order valence-electron chi connectivity index (χ2n) is 7.66. The van der Waals surface area contributed by atoms with Crippen molar-refractivity contribution in [3.05, 3.63) is 12.2 Å². The lowest BCUT2D eigenvalue weighted by Crippen LogP contribution is -2.46. The summed E-state index contributed by atoms with van der Waals surface area (Å²) in [6.45, 7) is 7.66. The third-order valence-electron chi connectivity index (χ3n) is 5.26. The largest absolute Gasteiger partial charge is 0.467 e. The molecule has 0 saturated heterocycles. The first kappa shape index (κ1) is 29.3. The Morgan fingerprint density at radius 1 is 1.33 bits per heavy atom. The fourth-order valence-electron chi connectivity index (χ4n) is 3.05. The summed E-state index contributed by atoms with van der Waals surface area (Å²) in [6, 6.07) is -0.380. The lowest BCUT2D eigenvalue weighted by molar-refractivity contribution is -0.152. The Morgan fingerprint density at radius 3 is 2.57 bits per heavy atom. The summed E-state index contributed by atoms with van der Waals surface area (Å²) >= 11 is 5.90. The summed E-state index contributed by atoms with van der Waals surface area (Å²) in [6.07, 6.45) is 9.69. The zero-order valence-corrected chi connectivity index (χ0v) is 21.1. The van der Waals surface area contributed by atoms with E-state index in [1.807, 2.05) is 12.3 Å². The highest BCUT2D eigenvalue weighted by Crippen LogP contribution is 2.15. The number of carbonyl (C=O) groups is 2. The minimum absolute atomic E-state index is 0.00305. The number of carbonyl (C=O) groups excluding carboxylic acids is 2. The molecule has 0 radical (unpaired) electrons. The van der Waals surface area contributed by atoms with E-state index in [0.717, 1.165) is 25.0 Å². The number of nitrogens with zero attached hydrogens (tertiary/aromatic N) is 1. The van der Waals surface area contributed by atoms with Gasteiger partial charge in [-0.2, -0.15) is 24.4 Å². The van der Waals surface area contributed by atoms with E-state index in [-0.39, 0.29) is 30.4 Å². The van der Waals surface area contributed by atoms with Crippen LogP contribution >= 0.6 is 24.4 Å². The van der Waals surface area contributed by atoms with E-state index >= 15 is 0 Å². The average Bonchev–Trinajstić information content (AvgIpc) is 2.76. The molecule has 30 heavy (non-hydrogen) atoms. The van der Waals surface area contributed by atoms with Crippen LogP contribution < -0.4 is 11.1 Å². The Hall–Kier alpha value is -0.700. The molecule has 0 aliphatic rings. The van der Waals surface area contributed by atoms with Crippen molar-refractivity contribution in [1.82, 2.24) is 10.2 Å². The molecule has 0 saturated carbocycles. The third-order valence-corrected chi connectivity index (χ3v) is 6.37. The molecule has 3 N–H and O–H groups in total. The van der Waals surface area contributed by atoms with Crippen LogP contribution in [0.2, 0.25) is 0 Å². The quantitative estimate of drug-likeness (QED) is 0.175. The van der Waals surface area contributed by atoms with Crippen LogP contribution in [0.1, 0.15) is 52.9 Å². The number of methoxy groups -OCH3 is 1. The fourth-order valence-corrected chi connectivity index (χ4v) is 3.63. The molecule has 8 heteroatoms. The maximum Gasteiger partial charge on any atom is 0.328 e. The van der Waals surface area contributed by atoms with Gasteiger partial charge in [-0.1, -0.05) is 45.8 Å². The summed E-state index contributed by atoms with van der Waals surface area (Å²) in [5, 5.41) is 3.47. The summed E-state index contributed by atoms with van der Waals surface area (Å²) in [4.78, 5) is 27.1. The molecule has 4 atom stereocenters. The van der Waals surface area contributed by atoms with Crippen molar-refractivity contribution in [2.24, 2.45) is 11.7 Å². The minimum Gasteiger partial charge on any atom is -0.467 e. The Balaban J connectivity index is 5.22. The molecule has 0 aliphatic heterocycles. The average molecular weight is 462 g/mol. The maximum absolute atomic E-state index is 13.0. The number of thioether (sulfide) groups is 1. The number of amides is 1. The molecular formula is C22H43N3O3S2. The highest BCUT2D eigenvalue weighted by atomic mass is 32.2. The minimum atomic E-state index is -0.522. The smallest absolute Gasteiger partial charge is 0.328 e. The molecule has 0 bridgehead atoms. The van der Waals surface area contributed by atoms with Crippen LogP contribution in [0, 0.1) is 5.92 Å².